The SMILES string of the molecule is CCOC(=O)C(C(=O)OCC)c1cc2c(o1)C(=O)c1ccccc1C2=O. The van der Waals surface area contributed by atoms with Gasteiger partial charge >= 0.3 is 11.9 Å². The highest BCUT2D eigenvalue weighted by Crippen LogP contribution is 2.33. The molecule has 0 saturated heterocycles. The number of fused-ring (bicyclic) bond motifs is 2. The Balaban J connectivity index is 2.07. The van der Waals surface area contributed by atoms with Crippen molar-refractivity contribution < 1.29 is 33.1 Å². The molecule has 0 saturated carbocycles. The summed E-state index contributed by atoms with van der Waals surface area (Å²) in [4.78, 5) is 49.6. The molecule has 2 aromatic rings. The van der Waals surface area contributed by atoms with Gasteiger partial charge in [-0.15, -0.1) is 0 Å². The quantitative estimate of drug-likeness (QED) is 0.510. The second kappa shape index (κ2) is 6.95. The van der Waals surface area contributed by atoms with Crippen LogP contribution in [0.3, 0.4) is 0 Å². The topological polar surface area (TPSA) is 99.9 Å². The van der Waals surface area contributed by atoms with Crippen molar-refractivity contribution in [2.75, 3.05) is 13.2 Å². The molecule has 1 heterocycles. The monoisotopic (exact) mass is 356 g/mol. The van der Waals surface area contributed by atoms with Crippen LogP contribution in [0.4, 0.5) is 0 Å². The summed E-state index contributed by atoms with van der Waals surface area (Å²) in [6.45, 7) is 3.30. The highest BCUT2D eigenvalue weighted by Gasteiger charge is 2.39. The zero-order valence-electron chi connectivity index (χ0n) is 14.2. The minimum Gasteiger partial charge on any atom is -0.465 e. The first-order chi connectivity index (χ1) is 12.5. The Morgan fingerprint density at radius 3 is 2.00 bits per heavy atom. The number of ether oxygens (including phenoxy) is 2. The molecule has 7 nitrogen and oxygen atoms in total. The predicted octanol–water partition coefficient (Wildman–Crippen LogP) is 2.26. The first-order valence-electron chi connectivity index (χ1n) is 8.15. The summed E-state index contributed by atoms with van der Waals surface area (Å²) < 4.78 is 15.3. The van der Waals surface area contributed by atoms with Crippen LogP contribution < -0.4 is 0 Å². The van der Waals surface area contributed by atoms with Crippen molar-refractivity contribution in [2.45, 2.75) is 19.8 Å². The maximum atomic E-state index is 12.6. The van der Waals surface area contributed by atoms with Crippen molar-refractivity contribution in [3.63, 3.8) is 0 Å². The molecule has 0 radical (unpaired) electrons. The van der Waals surface area contributed by atoms with Crippen molar-refractivity contribution in [1.82, 2.24) is 0 Å². The van der Waals surface area contributed by atoms with E-state index >= 15 is 0 Å². The van der Waals surface area contributed by atoms with Gasteiger partial charge in [-0.05, 0) is 19.9 Å². The third-order valence-electron chi connectivity index (χ3n) is 3.95. The summed E-state index contributed by atoms with van der Waals surface area (Å²) in [5.74, 6) is -4.46. The molecular weight excluding hydrogens is 340 g/mol. The van der Waals surface area contributed by atoms with Gasteiger partial charge in [0.1, 0.15) is 5.76 Å². The fourth-order valence-electron chi connectivity index (χ4n) is 2.82. The number of rotatable bonds is 5. The van der Waals surface area contributed by atoms with Crippen LogP contribution in [0.2, 0.25) is 0 Å². The van der Waals surface area contributed by atoms with Crippen LogP contribution in [0.25, 0.3) is 0 Å². The van der Waals surface area contributed by atoms with E-state index in [9.17, 15) is 19.2 Å². The van der Waals surface area contributed by atoms with Gasteiger partial charge in [0, 0.05) is 11.1 Å². The summed E-state index contributed by atoms with van der Waals surface area (Å²) >= 11 is 0. The first kappa shape index (κ1) is 17.6. The van der Waals surface area contributed by atoms with E-state index in [1.54, 1.807) is 32.0 Å². The number of ketones is 2. The van der Waals surface area contributed by atoms with E-state index in [0.29, 0.717) is 0 Å². The van der Waals surface area contributed by atoms with Crippen LogP contribution in [-0.4, -0.2) is 36.7 Å². The molecular formula is C19H16O7. The number of furan rings is 1. The molecule has 0 aliphatic heterocycles. The molecule has 0 N–H and O–H groups in total. The predicted molar refractivity (Wildman–Crippen MR) is 88.0 cm³/mol. The van der Waals surface area contributed by atoms with Gasteiger partial charge in [0.05, 0.1) is 18.8 Å². The third-order valence-corrected chi connectivity index (χ3v) is 3.95. The largest absolute Gasteiger partial charge is 0.465 e. The number of benzene rings is 1. The van der Waals surface area contributed by atoms with Crippen LogP contribution in [0, 0.1) is 0 Å². The second-order valence-electron chi connectivity index (χ2n) is 5.53. The molecule has 0 fully saturated rings. The van der Waals surface area contributed by atoms with Crippen LogP contribution in [-0.2, 0) is 19.1 Å². The minimum absolute atomic E-state index is 0.0160. The zero-order chi connectivity index (χ0) is 18.8. The van der Waals surface area contributed by atoms with Crippen LogP contribution in [0.5, 0.6) is 0 Å². The van der Waals surface area contributed by atoms with Crippen LogP contribution >= 0.6 is 0 Å². The molecule has 134 valence electrons. The van der Waals surface area contributed by atoms with Crippen molar-refractivity contribution in [3.05, 3.63) is 58.5 Å². The minimum atomic E-state index is -1.50. The molecule has 0 bridgehead atoms. The Morgan fingerprint density at radius 1 is 0.923 bits per heavy atom. The molecule has 1 aromatic carbocycles. The molecule has 0 unspecified atom stereocenters. The summed E-state index contributed by atoms with van der Waals surface area (Å²) in [6, 6.07) is 7.59. The summed E-state index contributed by atoms with van der Waals surface area (Å²) in [7, 11) is 0. The van der Waals surface area contributed by atoms with Crippen molar-refractivity contribution in [1.29, 1.82) is 0 Å². The lowest BCUT2D eigenvalue weighted by atomic mass is 9.88. The van der Waals surface area contributed by atoms with Crippen molar-refractivity contribution >= 4 is 23.5 Å². The van der Waals surface area contributed by atoms with E-state index in [2.05, 4.69) is 0 Å². The summed E-state index contributed by atoms with van der Waals surface area (Å²) in [6.07, 6.45) is 0. The highest BCUT2D eigenvalue weighted by molar-refractivity contribution is 6.27. The highest BCUT2D eigenvalue weighted by atomic mass is 16.6. The summed E-state index contributed by atoms with van der Waals surface area (Å²) in [5.41, 5.74) is 0.484. The van der Waals surface area contributed by atoms with Gasteiger partial charge in [-0.2, -0.15) is 0 Å². The van der Waals surface area contributed by atoms with Gasteiger partial charge in [-0.3, -0.25) is 19.2 Å². The lowest BCUT2D eigenvalue weighted by Gasteiger charge is -2.12. The van der Waals surface area contributed by atoms with Crippen LogP contribution in [0.1, 0.15) is 57.6 Å². The van der Waals surface area contributed by atoms with Gasteiger partial charge in [0.2, 0.25) is 11.7 Å². The maximum Gasteiger partial charge on any atom is 0.328 e. The average molecular weight is 356 g/mol. The molecule has 7 heteroatoms. The molecule has 1 aromatic heterocycles. The molecule has 1 aliphatic carbocycles. The van der Waals surface area contributed by atoms with E-state index in [0.717, 1.165) is 0 Å². The number of hydrogen-bond donors (Lipinski definition) is 0. The van der Waals surface area contributed by atoms with Crippen molar-refractivity contribution in [2.24, 2.45) is 0 Å². The van der Waals surface area contributed by atoms with E-state index in [1.807, 2.05) is 0 Å². The van der Waals surface area contributed by atoms with E-state index in [-0.39, 0.29) is 41.4 Å². The average Bonchev–Trinajstić information content (AvgIpc) is 3.05. The van der Waals surface area contributed by atoms with Gasteiger partial charge in [0.25, 0.3) is 0 Å². The molecule has 0 amide bonds. The molecule has 0 spiro atoms. The third kappa shape index (κ3) is 2.81. The van der Waals surface area contributed by atoms with Crippen molar-refractivity contribution in [3.8, 4) is 0 Å². The van der Waals surface area contributed by atoms with Gasteiger partial charge < -0.3 is 13.9 Å². The zero-order valence-corrected chi connectivity index (χ0v) is 14.2. The number of carbonyl (C=O) groups excluding carboxylic acids is 4. The van der Waals surface area contributed by atoms with E-state index < -0.39 is 29.4 Å². The lowest BCUT2D eigenvalue weighted by Crippen LogP contribution is -2.25. The fraction of sp³-hybridized carbons (Fsp3) is 0.263. The Hall–Kier alpha value is -3.22. The van der Waals surface area contributed by atoms with Gasteiger partial charge in [-0.25, -0.2) is 0 Å². The van der Waals surface area contributed by atoms with Gasteiger partial charge in [0.15, 0.2) is 11.5 Å². The smallest absolute Gasteiger partial charge is 0.328 e. The number of hydrogen-bond acceptors (Lipinski definition) is 7. The molecule has 1 aliphatic rings. The normalized spacial score (nSPS) is 12.6. The Bertz CT molecular complexity index is 836. The summed E-state index contributed by atoms with van der Waals surface area (Å²) in [5, 5.41) is 0. The number of carbonyl (C=O) groups is 4. The van der Waals surface area contributed by atoms with Crippen LogP contribution in [0.15, 0.2) is 34.7 Å². The Morgan fingerprint density at radius 2 is 1.46 bits per heavy atom. The van der Waals surface area contributed by atoms with E-state index in [1.165, 1.54) is 12.1 Å². The van der Waals surface area contributed by atoms with E-state index in [4.69, 9.17) is 13.9 Å². The van der Waals surface area contributed by atoms with Gasteiger partial charge in [-0.1, -0.05) is 24.3 Å². The number of esters is 2. The molecule has 3 rings (SSSR count). The first-order valence-corrected chi connectivity index (χ1v) is 8.15. The molecule has 0 atom stereocenters. The molecule has 26 heavy (non-hydrogen) atoms. The lowest BCUT2D eigenvalue weighted by molar-refractivity contribution is -0.157. The Labute approximate surface area is 148 Å². The maximum absolute atomic E-state index is 12.6. The standard InChI is InChI=1S/C19H16O7/c1-3-24-18(22)14(19(23)25-4-2)13-9-12-15(20)10-7-5-6-8-11(10)16(21)17(12)26-13/h5-9,14H,3-4H2,1-2H3. The second-order valence-corrected chi connectivity index (χ2v) is 5.53. The fourth-order valence-corrected chi connectivity index (χ4v) is 2.82. The Kier molecular flexibility index (Phi) is 4.71.